The zero-order valence-corrected chi connectivity index (χ0v) is 15.3. The van der Waals surface area contributed by atoms with Crippen LogP contribution in [0.4, 0.5) is 4.39 Å². The van der Waals surface area contributed by atoms with Crippen molar-refractivity contribution in [3.63, 3.8) is 0 Å². The number of ether oxygens (including phenoxy) is 2. The molecule has 1 aliphatic rings. The van der Waals surface area contributed by atoms with Crippen LogP contribution >= 0.6 is 0 Å². The van der Waals surface area contributed by atoms with Gasteiger partial charge in [-0.15, -0.1) is 0 Å². The fourth-order valence-electron chi connectivity index (χ4n) is 3.33. The lowest BCUT2D eigenvalue weighted by molar-refractivity contribution is 0.0940. The van der Waals surface area contributed by atoms with Crippen molar-refractivity contribution in [2.24, 2.45) is 0 Å². The molecule has 6 nitrogen and oxygen atoms in total. The molecule has 0 saturated carbocycles. The zero-order chi connectivity index (χ0) is 19.8. The molecule has 144 valence electrons. The summed E-state index contributed by atoms with van der Waals surface area (Å²) in [4.78, 5) is 17.4. The van der Waals surface area contributed by atoms with Gasteiger partial charge in [0.05, 0.1) is 11.2 Å². The minimum atomic E-state index is -0.320. The van der Waals surface area contributed by atoms with Crippen molar-refractivity contribution in [1.29, 1.82) is 0 Å². The average molecular weight is 389 g/mol. The highest BCUT2D eigenvalue weighted by molar-refractivity contribution is 5.94. The van der Waals surface area contributed by atoms with Gasteiger partial charge in [0.1, 0.15) is 5.82 Å². The van der Waals surface area contributed by atoms with Gasteiger partial charge in [-0.1, -0.05) is 12.1 Å². The highest BCUT2D eigenvalue weighted by Gasteiger charge is 2.19. The van der Waals surface area contributed by atoms with Crippen molar-refractivity contribution in [3.05, 3.63) is 84.1 Å². The number of hydrogen-bond donors (Lipinski definition) is 1. The molecule has 0 atom stereocenters. The molecule has 1 N–H and O–H groups in total. The third kappa shape index (κ3) is 3.16. The van der Waals surface area contributed by atoms with E-state index in [1.807, 2.05) is 36.4 Å². The Balaban J connectivity index is 1.43. The first-order chi connectivity index (χ1) is 14.2. The summed E-state index contributed by atoms with van der Waals surface area (Å²) in [5.74, 6) is 1.00. The molecule has 0 aliphatic carbocycles. The number of hydrogen-bond acceptors (Lipinski definition) is 4. The van der Waals surface area contributed by atoms with Gasteiger partial charge < -0.3 is 14.8 Å². The van der Waals surface area contributed by atoms with Crippen molar-refractivity contribution in [2.45, 2.75) is 6.54 Å². The average Bonchev–Trinajstić information content (AvgIpc) is 3.37. The lowest BCUT2D eigenvalue weighted by atomic mass is 10.1. The van der Waals surface area contributed by atoms with Gasteiger partial charge in [-0.2, -0.15) is 0 Å². The first-order valence-corrected chi connectivity index (χ1v) is 9.09. The molecule has 2 aromatic carbocycles. The Morgan fingerprint density at radius 3 is 2.76 bits per heavy atom. The standard InChI is InChI=1S/C22H16FN3O3/c23-16-7-5-15(6-8-16)20-17-3-1-2-10-26(17)21(25-20)22(27)24-12-14-4-9-18-19(11-14)29-13-28-18/h1-11H,12-13H2,(H,24,27). The topological polar surface area (TPSA) is 64.9 Å². The SMILES string of the molecule is O=C(NCc1ccc2c(c1)OCO2)c1nc(-c2ccc(F)cc2)c2ccccn12. The first kappa shape index (κ1) is 17.2. The van der Waals surface area contributed by atoms with Crippen LogP contribution in [-0.2, 0) is 6.54 Å². The van der Waals surface area contributed by atoms with E-state index < -0.39 is 0 Å². The summed E-state index contributed by atoms with van der Waals surface area (Å²) < 4.78 is 25.7. The molecule has 1 amide bonds. The highest BCUT2D eigenvalue weighted by Crippen LogP contribution is 2.32. The molecule has 0 saturated heterocycles. The maximum atomic E-state index is 13.3. The van der Waals surface area contributed by atoms with Crippen molar-refractivity contribution in [3.8, 4) is 22.8 Å². The Morgan fingerprint density at radius 1 is 1.07 bits per heavy atom. The summed E-state index contributed by atoms with van der Waals surface area (Å²) >= 11 is 0. The minimum Gasteiger partial charge on any atom is -0.454 e. The molecule has 0 fully saturated rings. The Bertz CT molecular complexity index is 1220. The number of halogens is 1. The van der Waals surface area contributed by atoms with Crippen molar-refractivity contribution in [2.75, 3.05) is 6.79 Å². The number of nitrogens with one attached hydrogen (secondary N) is 1. The third-order valence-electron chi connectivity index (χ3n) is 4.76. The predicted octanol–water partition coefficient (Wildman–Crippen LogP) is 3.80. The van der Waals surface area contributed by atoms with Gasteiger partial charge in [-0.25, -0.2) is 9.37 Å². The fourth-order valence-corrected chi connectivity index (χ4v) is 3.33. The summed E-state index contributed by atoms with van der Waals surface area (Å²) in [7, 11) is 0. The van der Waals surface area contributed by atoms with E-state index in [0.29, 0.717) is 23.7 Å². The Morgan fingerprint density at radius 2 is 1.90 bits per heavy atom. The summed E-state index contributed by atoms with van der Waals surface area (Å²) in [6.45, 7) is 0.528. The highest BCUT2D eigenvalue weighted by atomic mass is 19.1. The van der Waals surface area contributed by atoms with Gasteiger partial charge >= 0.3 is 0 Å². The number of benzene rings is 2. The maximum Gasteiger partial charge on any atom is 0.287 e. The Kier molecular flexibility index (Phi) is 4.13. The summed E-state index contributed by atoms with van der Waals surface area (Å²) in [6.07, 6.45) is 1.78. The second-order valence-electron chi connectivity index (χ2n) is 6.62. The zero-order valence-electron chi connectivity index (χ0n) is 15.3. The number of rotatable bonds is 4. The molecule has 0 spiro atoms. The van der Waals surface area contributed by atoms with Crippen LogP contribution in [0.1, 0.15) is 16.2 Å². The van der Waals surface area contributed by atoms with Crippen LogP contribution in [0, 0.1) is 5.82 Å². The molecule has 5 rings (SSSR count). The predicted molar refractivity (Wildman–Crippen MR) is 104 cm³/mol. The molecular formula is C22H16FN3O3. The van der Waals surface area contributed by atoms with E-state index in [1.165, 1.54) is 12.1 Å². The summed E-state index contributed by atoms with van der Waals surface area (Å²) in [5.41, 5.74) is 3.03. The molecule has 0 bridgehead atoms. The van der Waals surface area contributed by atoms with E-state index in [9.17, 15) is 9.18 Å². The minimum absolute atomic E-state index is 0.206. The second-order valence-corrected chi connectivity index (χ2v) is 6.62. The molecule has 0 unspecified atom stereocenters. The van der Waals surface area contributed by atoms with E-state index in [4.69, 9.17) is 9.47 Å². The normalized spacial score (nSPS) is 12.3. The quantitative estimate of drug-likeness (QED) is 0.577. The number of nitrogens with zero attached hydrogens (tertiary/aromatic N) is 2. The van der Waals surface area contributed by atoms with Crippen molar-refractivity contribution >= 4 is 11.4 Å². The molecule has 1 aliphatic heterocycles. The molecule has 2 aromatic heterocycles. The van der Waals surface area contributed by atoms with E-state index in [2.05, 4.69) is 10.3 Å². The van der Waals surface area contributed by atoms with Gasteiger partial charge in [-0.3, -0.25) is 9.20 Å². The Hall–Kier alpha value is -3.87. The van der Waals surface area contributed by atoms with Crippen molar-refractivity contribution in [1.82, 2.24) is 14.7 Å². The third-order valence-corrected chi connectivity index (χ3v) is 4.76. The van der Waals surface area contributed by atoms with Gasteiger partial charge in [0.15, 0.2) is 11.5 Å². The fraction of sp³-hybridized carbons (Fsp3) is 0.0909. The van der Waals surface area contributed by atoms with Crippen LogP contribution in [-0.4, -0.2) is 22.1 Å². The number of carbonyl (C=O) groups is 1. The Labute approximate surface area is 165 Å². The van der Waals surface area contributed by atoms with E-state index in [-0.39, 0.29) is 24.3 Å². The van der Waals surface area contributed by atoms with E-state index in [1.54, 1.807) is 22.7 Å². The van der Waals surface area contributed by atoms with E-state index >= 15 is 0 Å². The van der Waals surface area contributed by atoms with Gasteiger partial charge in [0.2, 0.25) is 12.6 Å². The van der Waals surface area contributed by atoms with Gasteiger partial charge in [0.25, 0.3) is 5.91 Å². The number of pyridine rings is 1. The summed E-state index contributed by atoms with van der Waals surface area (Å²) in [6, 6.07) is 17.2. The molecule has 29 heavy (non-hydrogen) atoms. The lowest BCUT2D eigenvalue weighted by Crippen LogP contribution is -2.25. The maximum absolute atomic E-state index is 13.3. The van der Waals surface area contributed by atoms with Crippen LogP contribution in [0.3, 0.4) is 0 Å². The number of aromatic nitrogens is 2. The van der Waals surface area contributed by atoms with Gasteiger partial charge in [0, 0.05) is 18.3 Å². The van der Waals surface area contributed by atoms with Crippen molar-refractivity contribution < 1.29 is 18.7 Å². The second kappa shape index (κ2) is 6.94. The number of imidazole rings is 1. The molecular weight excluding hydrogens is 373 g/mol. The first-order valence-electron chi connectivity index (χ1n) is 9.09. The molecule has 3 heterocycles. The number of carbonyl (C=O) groups excluding carboxylic acids is 1. The van der Waals surface area contributed by atoms with Crippen LogP contribution in [0.2, 0.25) is 0 Å². The van der Waals surface area contributed by atoms with Crippen LogP contribution in [0.15, 0.2) is 66.9 Å². The van der Waals surface area contributed by atoms with Crippen LogP contribution in [0.5, 0.6) is 11.5 Å². The van der Waals surface area contributed by atoms with Crippen LogP contribution < -0.4 is 14.8 Å². The molecule has 7 heteroatoms. The lowest BCUT2D eigenvalue weighted by Gasteiger charge is -2.06. The van der Waals surface area contributed by atoms with E-state index in [0.717, 1.165) is 16.6 Å². The monoisotopic (exact) mass is 389 g/mol. The largest absolute Gasteiger partial charge is 0.454 e. The van der Waals surface area contributed by atoms with Gasteiger partial charge in [-0.05, 0) is 54.1 Å². The number of amides is 1. The number of fused-ring (bicyclic) bond motifs is 2. The molecule has 0 radical (unpaired) electrons. The van der Waals surface area contributed by atoms with Crippen LogP contribution in [0.25, 0.3) is 16.8 Å². The summed E-state index contributed by atoms with van der Waals surface area (Å²) in [5, 5.41) is 2.89. The smallest absolute Gasteiger partial charge is 0.287 e. The molecule has 4 aromatic rings.